The van der Waals surface area contributed by atoms with Crippen molar-refractivity contribution in [2.24, 2.45) is 0 Å². The number of halogens is 2. The molecule has 0 aliphatic carbocycles. The Labute approximate surface area is 181 Å². The highest BCUT2D eigenvalue weighted by Gasteiger charge is 2.27. The minimum absolute atomic E-state index is 0.182. The summed E-state index contributed by atoms with van der Waals surface area (Å²) in [6.45, 7) is 3.71. The highest BCUT2D eigenvalue weighted by atomic mass is 35.5. The van der Waals surface area contributed by atoms with Crippen LogP contribution < -0.4 is 4.90 Å². The van der Waals surface area contributed by atoms with Gasteiger partial charge in [0.15, 0.2) is 0 Å². The van der Waals surface area contributed by atoms with Crippen molar-refractivity contribution in [1.82, 2.24) is 9.21 Å². The highest BCUT2D eigenvalue weighted by Crippen LogP contribution is 2.25. The van der Waals surface area contributed by atoms with Crippen molar-refractivity contribution in [3.05, 3.63) is 64.4 Å². The van der Waals surface area contributed by atoms with Crippen LogP contribution in [0.3, 0.4) is 0 Å². The summed E-state index contributed by atoms with van der Waals surface area (Å²) in [6, 6.07) is 11.7. The summed E-state index contributed by atoms with van der Waals surface area (Å²) in [5.74, 6) is -0.789. The van der Waals surface area contributed by atoms with Gasteiger partial charge in [-0.1, -0.05) is 35.9 Å². The fourth-order valence-corrected chi connectivity index (χ4v) is 4.36. The largest absolute Gasteiger partial charge is 0.368 e. The van der Waals surface area contributed by atoms with Gasteiger partial charge in [-0.05, 0) is 30.7 Å². The molecule has 0 atom stereocenters. The van der Waals surface area contributed by atoms with E-state index in [1.54, 1.807) is 11.0 Å². The molecule has 1 saturated heterocycles. The Bertz CT molecular complexity index is 1020. The van der Waals surface area contributed by atoms with Crippen LogP contribution in [0.5, 0.6) is 0 Å². The Balaban J connectivity index is 1.64. The van der Waals surface area contributed by atoms with E-state index in [2.05, 4.69) is 4.90 Å². The molecule has 0 unspecified atom stereocenters. The molecule has 162 valence electrons. The second-order valence-corrected chi connectivity index (χ2v) is 9.84. The lowest BCUT2D eigenvalue weighted by Gasteiger charge is -2.37. The van der Waals surface area contributed by atoms with Crippen LogP contribution in [0, 0.1) is 12.7 Å². The van der Waals surface area contributed by atoms with Crippen molar-refractivity contribution >= 4 is 33.2 Å². The molecular formula is C21H25ClFN3O3S. The van der Waals surface area contributed by atoms with Crippen LogP contribution >= 0.6 is 11.6 Å². The Morgan fingerprint density at radius 2 is 1.80 bits per heavy atom. The molecule has 1 heterocycles. The molecule has 0 N–H and O–H groups in total. The molecule has 0 radical (unpaired) electrons. The summed E-state index contributed by atoms with van der Waals surface area (Å²) in [5.41, 5.74) is 2.37. The second kappa shape index (κ2) is 9.32. The maximum atomic E-state index is 14.0. The topological polar surface area (TPSA) is 60.9 Å². The summed E-state index contributed by atoms with van der Waals surface area (Å²) in [7, 11) is -3.68. The zero-order chi connectivity index (χ0) is 21.9. The van der Waals surface area contributed by atoms with E-state index < -0.39 is 15.8 Å². The fourth-order valence-electron chi connectivity index (χ4n) is 3.48. The van der Waals surface area contributed by atoms with Gasteiger partial charge in [-0.25, -0.2) is 12.8 Å². The normalized spacial score (nSPS) is 15.0. The molecule has 0 bridgehead atoms. The number of rotatable bonds is 6. The van der Waals surface area contributed by atoms with Gasteiger partial charge >= 0.3 is 0 Å². The lowest BCUT2D eigenvalue weighted by atomic mass is 10.1. The average molecular weight is 454 g/mol. The predicted octanol–water partition coefficient (Wildman–Crippen LogP) is 2.90. The fraction of sp³-hybridized carbons (Fsp3) is 0.381. The van der Waals surface area contributed by atoms with Crippen LogP contribution in [0.4, 0.5) is 10.1 Å². The second-order valence-electron chi connectivity index (χ2n) is 7.42. The summed E-state index contributed by atoms with van der Waals surface area (Å²) in [4.78, 5) is 16.6. The molecule has 0 saturated carbocycles. The molecule has 9 heteroatoms. The number of amides is 1. The molecule has 30 heavy (non-hydrogen) atoms. The van der Waals surface area contributed by atoms with Crippen molar-refractivity contribution < 1.29 is 17.6 Å². The first kappa shape index (κ1) is 22.5. The third-order valence-corrected chi connectivity index (χ3v) is 6.66. The number of hydrogen-bond acceptors (Lipinski definition) is 4. The van der Waals surface area contributed by atoms with E-state index in [1.165, 1.54) is 18.2 Å². The molecule has 1 amide bonds. The van der Waals surface area contributed by atoms with Gasteiger partial charge < -0.3 is 9.80 Å². The minimum Gasteiger partial charge on any atom is -0.368 e. The van der Waals surface area contributed by atoms with E-state index >= 15 is 0 Å². The lowest BCUT2D eigenvalue weighted by Crippen LogP contribution is -2.51. The van der Waals surface area contributed by atoms with E-state index in [4.69, 9.17) is 11.6 Å². The summed E-state index contributed by atoms with van der Waals surface area (Å²) in [6.07, 6.45) is 1.03. The van der Waals surface area contributed by atoms with Crippen LogP contribution in [-0.2, 0) is 21.4 Å². The van der Waals surface area contributed by atoms with Gasteiger partial charge in [0.25, 0.3) is 0 Å². The molecular weight excluding hydrogens is 429 g/mol. The third kappa shape index (κ3) is 5.50. The SMILES string of the molecule is Cc1ccc(Cl)cc1N1CCN(C(=O)CN(Cc2ccccc2F)S(C)(=O)=O)CC1. The highest BCUT2D eigenvalue weighted by molar-refractivity contribution is 7.88. The molecule has 1 aliphatic heterocycles. The van der Waals surface area contributed by atoms with E-state index in [0.29, 0.717) is 31.2 Å². The zero-order valence-corrected chi connectivity index (χ0v) is 18.6. The first-order chi connectivity index (χ1) is 14.1. The van der Waals surface area contributed by atoms with Crippen molar-refractivity contribution in [3.63, 3.8) is 0 Å². The maximum Gasteiger partial charge on any atom is 0.238 e. The Kier molecular flexibility index (Phi) is 7.00. The Morgan fingerprint density at radius 3 is 2.43 bits per heavy atom. The van der Waals surface area contributed by atoms with Gasteiger partial charge in [-0.3, -0.25) is 4.79 Å². The number of aryl methyl sites for hydroxylation is 1. The Hall–Kier alpha value is -2.16. The van der Waals surface area contributed by atoms with Crippen LogP contribution in [0.2, 0.25) is 5.02 Å². The molecule has 1 aliphatic rings. The van der Waals surface area contributed by atoms with Gasteiger partial charge in [0.05, 0.1) is 12.8 Å². The average Bonchev–Trinajstić information content (AvgIpc) is 2.70. The molecule has 1 fully saturated rings. The first-order valence-electron chi connectivity index (χ1n) is 9.62. The molecule has 3 rings (SSSR count). The first-order valence-corrected chi connectivity index (χ1v) is 11.8. The Morgan fingerprint density at radius 1 is 1.13 bits per heavy atom. The van der Waals surface area contributed by atoms with Crippen molar-refractivity contribution in [3.8, 4) is 0 Å². The number of sulfonamides is 1. The molecule has 2 aromatic rings. The lowest BCUT2D eigenvalue weighted by molar-refractivity contribution is -0.131. The number of piperazine rings is 1. The van der Waals surface area contributed by atoms with Gasteiger partial charge in [-0.2, -0.15) is 4.31 Å². The number of anilines is 1. The van der Waals surface area contributed by atoms with Crippen LogP contribution in [-0.4, -0.2) is 62.5 Å². The maximum absolute atomic E-state index is 14.0. The van der Waals surface area contributed by atoms with E-state index in [1.807, 2.05) is 25.1 Å². The van der Waals surface area contributed by atoms with Gasteiger partial charge in [0, 0.05) is 49.0 Å². The quantitative estimate of drug-likeness (QED) is 0.674. The number of benzene rings is 2. The van der Waals surface area contributed by atoms with Crippen LogP contribution in [0.1, 0.15) is 11.1 Å². The molecule has 0 aromatic heterocycles. The van der Waals surface area contributed by atoms with E-state index in [-0.39, 0.29) is 24.6 Å². The van der Waals surface area contributed by atoms with Crippen LogP contribution in [0.25, 0.3) is 0 Å². The predicted molar refractivity (Wildman–Crippen MR) is 117 cm³/mol. The number of carbonyl (C=O) groups is 1. The molecule has 0 spiro atoms. The monoisotopic (exact) mass is 453 g/mol. The van der Waals surface area contributed by atoms with Crippen molar-refractivity contribution in [2.45, 2.75) is 13.5 Å². The van der Waals surface area contributed by atoms with Gasteiger partial charge in [-0.15, -0.1) is 0 Å². The number of nitrogens with zero attached hydrogens (tertiary/aromatic N) is 3. The standard InChI is InChI=1S/C21H25ClFN3O3S/c1-16-7-8-18(22)13-20(16)24-9-11-25(12-10-24)21(27)15-26(30(2,28)29)14-17-5-3-4-6-19(17)23/h3-8,13H,9-12,14-15H2,1-2H3. The van der Waals surface area contributed by atoms with Crippen LogP contribution in [0.15, 0.2) is 42.5 Å². The zero-order valence-electron chi connectivity index (χ0n) is 17.0. The van der Waals surface area contributed by atoms with Crippen molar-refractivity contribution in [2.75, 3.05) is 43.9 Å². The molecule has 6 nitrogen and oxygen atoms in total. The van der Waals surface area contributed by atoms with E-state index in [9.17, 15) is 17.6 Å². The van der Waals surface area contributed by atoms with Crippen molar-refractivity contribution in [1.29, 1.82) is 0 Å². The summed E-state index contributed by atoms with van der Waals surface area (Å²) in [5, 5.41) is 0.658. The smallest absolute Gasteiger partial charge is 0.238 e. The summed E-state index contributed by atoms with van der Waals surface area (Å²) >= 11 is 6.11. The summed E-state index contributed by atoms with van der Waals surface area (Å²) < 4.78 is 39.3. The van der Waals surface area contributed by atoms with Gasteiger partial charge in [0.2, 0.25) is 15.9 Å². The van der Waals surface area contributed by atoms with E-state index in [0.717, 1.165) is 21.8 Å². The molecule has 2 aromatic carbocycles. The van der Waals surface area contributed by atoms with Gasteiger partial charge in [0.1, 0.15) is 5.82 Å². The number of carbonyl (C=O) groups excluding carboxylic acids is 1. The number of hydrogen-bond donors (Lipinski definition) is 0. The minimum atomic E-state index is -3.68. The third-order valence-electron chi connectivity index (χ3n) is 5.23.